The highest BCUT2D eigenvalue weighted by atomic mass is 16.1. The van der Waals surface area contributed by atoms with Crippen LogP contribution in [0, 0.1) is 22.7 Å². The van der Waals surface area contributed by atoms with Gasteiger partial charge in [-0.05, 0) is 56.3 Å². The summed E-state index contributed by atoms with van der Waals surface area (Å²) in [6.07, 6.45) is 6.30. The van der Waals surface area contributed by atoms with Crippen LogP contribution in [0.5, 0.6) is 0 Å². The predicted octanol–water partition coefficient (Wildman–Crippen LogP) is 1.69. The molecule has 2 N–H and O–H groups in total. The second-order valence-corrected chi connectivity index (χ2v) is 5.60. The fourth-order valence-electron chi connectivity index (χ4n) is 3.67. The number of hydrogen-bond acceptors (Lipinski definition) is 1. The molecule has 2 heteroatoms. The van der Waals surface area contributed by atoms with Crippen LogP contribution in [0.2, 0.25) is 0 Å². The summed E-state index contributed by atoms with van der Waals surface area (Å²) >= 11 is 0. The summed E-state index contributed by atoms with van der Waals surface area (Å²) in [5.74, 6) is 1.52. The Labute approximate surface area is 78.9 Å². The van der Waals surface area contributed by atoms with Crippen LogP contribution in [0.25, 0.3) is 0 Å². The zero-order valence-electron chi connectivity index (χ0n) is 8.18. The number of amides is 1. The molecule has 0 heterocycles. The van der Waals surface area contributed by atoms with Crippen LogP contribution in [0.15, 0.2) is 0 Å². The smallest absolute Gasteiger partial charge is 0.224 e. The van der Waals surface area contributed by atoms with Gasteiger partial charge in [-0.15, -0.1) is 0 Å². The molecule has 0 saturated heterocycles. The normalized spacial score (nSPS) is 45.8. The quantitative estimate of drug-likeness (QED) is 0.704. The van der Waals surface area contributed by atoms with Crippen molar-refractivity contribution in [3.63, 3.8) is 0 Å². The predicted molar refractivity (Wildman–Crippen MR) is 49.8 cm³/mol. The van der Waals surface area contributed by atoms with E-state index in [0.717, 1.165) is 5.92 Å². The van der Waals surface area contributed by atoms with Gasteiger partial charge in [0.2, 0.25) is 5.91 Å². The first-order valence-electron chi connectivity index (χ1n) is 5.38. The number of carbonyl (C=O) groups excluding carboxylic acids is 1. The third-order valence-electron chi connectivity index (χ3n) is 5.05. The topological polar surface area (TPSA) is 43.1 Å². The van der Waals surface area contributed by atoms with Crippen molar-refractivity contribution in [2.24, 2.45) is 28.4 Å². The van der Waals surface area contributed by atoms with E-state index in [4.69, 9.17) is 5.73 Å². The molecular weight excluding hydrogens is 162 g/mol. The Bertz CT molecular complexity index is 265. The van der Waals surface area contributed by atoms with Gasteiger partial charge in [-0.2, -0.15) is 0 Å². The Kier molecular flexibility index (Phi) is 1.17. The van der Waals surface area contributed by atoms with Crippen molar-refractivity contribution < 1.29 is 4.79 Å². The Morgan fingerprint density at radius 3 is 2.15 bits per heavy atom. The molecule has 4 saturated carbocycles. The first-order valence-corrected chi connectivity index (χ1v) is 5.38. The highest BCUT2D eigenvalue weighted by Gasteiger charge is 2.70. The van der Waals surface area contributed by atoms with Gasteiger partial charge in [0.05, 0.1) is 5.41 Å². The molecule has 4 aliphatic rings. The van der Waals surface area contributed by atoms with Crippen molar-refractivity contribution in [1.29, 1.82) is 0 Å². The van der Waals surface area contributed by atoms with E-state index in [9.17, 15) is 4.79 Å². The maximum absolute atomic E-state index is 11.6. The van der Waals surface area contributed by atoms with E-state index in [0.29, 0.717) is 11.3 Å². The Hall–Kier alpha value is -0.530. The van der Waals surface area contributed by atoms with Crippen LogP contribution in [-0.2, 0) is 4.79 Å². The van der Waals surface area contributed by atoms with E-state index in [1.165, 1.54) is 32.1 Å². The van der Waals surface area contributed by atoms with Gasteiger partial charge < -0.3 is 5.73 Å². The minimum atomic E-state index is -0.151. The molecule has 13 heavy (non-hydrogen) atoms. The maximum Gasteiger partial charge on any atom is 0.224 e. The van der Waals surface area contributed by atoms with Crippen LogP contribution >= 0.6 is 0 Å². The van der Waals surface area contributed by atoms with Gasteiger partial charge in [-0.25, -0.2) is 0 Å². The number of carbonyl (C=O) groups is 1. The average molecular weight is 179 g/mol. The van der Waals surface area contributed by atoms with E-state index < -0.39 is 0 Å². The van der Waals surface area contributed by atoms with Crippen molar-refractivity contribution in [1.82, 2.24) is 0 Å². The lowest BCUT2D eigenvalue weighted by molar-refractivity contribution is -0.204. The lowest BCUT2D eigenvalue weighted by Gasteiger charge is -2.69. The van der Waals surface area contributed by atoms with Gasteiger partial charge in [-0.3, -0.25) is 4.79 Å². The van der Waals surface area contributed by atoms with Crippen LogP contribution < -0.4 is 5.73 Å². The second-order valence-electron chi connectivity index (χ2n) is 5.60. The molecule has 4 rings (SSSR count). The fourth-order valence-corrected chi connectivity index (χ4v) is 3.67. The standard InChI is InChI=1S/C11H17NO/c1-10(9(12)13,8-2-3-8)11-4-7(5-11)6-11/h7-8H,2-6H2,1H3,(H2,12,13). The summed E-state index contributed by atoms with van der Waals surface area (Å²) in [5, 5.41) is 0. The zero-order valence-corrected chi connectivity index (χ0v) is 8.18. The van der Waals surface area contributed by atoms with Crippen LogP contribution in [0.3, 0.4) is 0 Å². The van der Waals surface area contributed by atoms with Crippen molar-refractivity contribution in [3.05, 3.63) is 0 Å². The van der Waals surface area contributed by atoms with E-state index >= 15 is 0 Å². The summed E-state index contributed by atoms with van der Waals surface area (Å²) < 4.78 is 0. The first-order chi connectivity index (χ1) is 6.08. The van der Waals surface area contributed by atoms with Gasteiger partial charge >= 0.3 is 0 Å². The Morgan fingerprint density at radius 1 is 1.38 bits per heavy atom. The van der Waals surface area contributed by atoms with Gasteiger partial charge in [-0.1, -0.05) is 0 Å². The van der Waals surface area contributed by atoms with E-state index in [-0.39, 0.29) is 11.3 Å². The van der Waals surface area contributed by atoms with Crippen molar-refractivity contribution in [3.8, 4) is 0 Å². The number of rotatable bonds is 3. The molecule has 0 radical (unpaired) electrons. The molecule has 0 aromatic carbocycles. The van der Waals surface area contributed by atoms with Crippen molar-refractivity contribution in [2.45, 2.75) is 39.0 Å². The molecule has 0 aromatic heterocycles. The van der Waals surface area contributed by atoms with Crippen LogP contribution in [0.4, 0.5) is 0 Å². The minimum Gasteiger partial charge on any atom is -0.369 e. The van der Waals surface area contributed by atoms with Crippen molar-refractivity contribution >= 4 is 5.91 Å². The number of nitrogens with two attached hydrogens (primary N) is 1. The number of hydrogen-bond donors (Lipinski definition) is 1. The van der Waals surface area contributed by atoms with Gasteiger partial charge in [0.15, 0.2) is 0 Å². The molecule has 72 valence electrons. The lowest BCUT2D eigenvalue weighted by Crippen LogP contribution is -2.65. The Balaban J connectivity index is 1.93. The largest absolute Gasteiger partial charge is 0.369 e. The van der Waals surface area contributed by atoms with Crippen molar-refractivity contribution in [2.75, 3.05) is 0 Å². The second kappa shape index (κ2) is 1.94. The molecule has 0 aliphatic heterocycles. The zero-order chi connectivity index (χ0) is 9.27. The molecule has 2 nitrogen and oxygen atoms in total. The molecular formula is C11H17NO. The molecule has 1 atom stereocenters. The Morgan fingerprint density at radius 2 is 1.92 bits per heavy atom. The lowest BCUT2D eigenvalue weighted by atomic mass is 9.35. The first kappa shape index (κ1) is 7.84. The average Bonchev–Trinajstić information content (AvgIpc) is 2.58. The minimum absolute atomic E-state index is 0.0341. The molecule has 1 amide bonds. The summed E-state index contributed by atoms with van der Waals surface area (Å²) in [6, 6.07) is 0. The van der Waals surface area contributed by atoms with E-state index in [1.807, 2.05) is 0 Å². The summed E-state index contributed by atoms with van der Waals surface area (Å²) in [7, 11) is 0. The highest BCUT2D eigenvalue weighted by Crippen LogP contribution is 2.75. The third kappa shape index (κ3) is 0.695. The molecule has 4 aliphatic carbocycles. The highest BCUT2D eigenvalue weighted by molar-refractivity contribution is 5.83. The summed E-state index contributed by atoms with van der Waals surface area (Å²) in [5.41, 5.74) is 5.79. The third-order valence-corrected chi connectivity index (χ3v) is 5.05. The maximum atomic E-state index is 11.6. The summed E-state index contributed by atoms with van der Waals surface area (Å²) in [6.45, 7) is 2.13. The van der Waals surface area contributed by atoms with Gasteiger partial charge in [0, 0.05) is 0 Å². The molecule has 1 unspecified atom stereocenters. The SMILES string of the molecule is CC(C(N)=O)(C1CC1)C12CC(C1)C2. The fraction of sp³-hybridized carbons (Fsp3) is 0.909. The molecule has 0 aromatic rings. The van der Waals surface area contributed by atoms with Gasteiger partial charge in [0.25, 0.3) is 0 Å². The van der Waals surface area contributed by atoms with E-state index in [2.05, 4.69) is 6.92 Å². The number of primary amides is 1. The summed E-state index contributed by atoms with van der Waals surface area (Å²) in [4.78, 5) is 11.6. The van der Waals surface area contributed by atoms with Gasteiger partial charge in [0.1, 0.15) is 0 Å². The van der Waals surface area contributed by atoms with Crippen LogP contribution in [-0.4, -0.2) is 5.91 Å². The molecule has 2 bridgehead atoms. The van der Waals surface area contributed by atoms with E-state index in [1.54, 1.807) is 0 Å². The van der Waals surface area contributed by atoms with Crippen LogP contribution in [0.1, 0.15) is 39.0 Å². The molecule has 4 fully saturated rings. The molecule has 0 spiro atoms. The monoisotopic (exact) mass is 179 g/mol.